The van der Waals surface area contributed by atoms with Gasteiger partial charge in [0.15, 0.2) is 5.03 Å². The van der Waals surface area contributed by atoms with Gasteiger partial charge in [-0.2, -0.15) is 0 Å². The van der Waals surface area contributed by atoms with Crippen LogP contribution in [0.4, 0.5) is 0 Å². The summed E-state index contributed by atoms with van der Waals surface area (Å²) in [5.41, 5.74) is 0. The predicted molar refractivity (Wildman–Crippen MR) is 46.1 cm³/mol. The maximum atomic E-state index is 10.2. The molecule has 0 spiro atoms. The lowest BCUT2D eigenvalue weighted by atomic mass is 11.0. The second kappa shape index (κ2) is 5.55. The number of hydrazine groups is 4. The zero-order valence-corrected chi connectivity index (χ0v) is 8.16. The van der Waals surface area contributed by atoms with Gasteiger partial charge in [0, 0.05) is 0 Å². The summed E-state index contributed by atoms with van der Waals surface area (Å²) in [6.45, 7) is 0. The molecule has 0 rings (SSSR count). The molecule has 19 heavy (non-hydrogen) atoms. The molecule has 0 unspecified atom stereocenters. The van der Waals surface area contributed by atoms with Crippen molar-refractivity contribution in [1.82, 2.24) is 10.2 Å². The number of hydrazone groups is 1. The number of guanidine groups is 1. The highest BCUT2D eigenvalue weighted by Crippen LogP contribution is 2.02. The van der Waals surface area contributed by atoms with Gasteiger partial charge in [-0.05, 0) is 0 Å². The molecule has 104 valence electrons. The van der Waals surface area contributed by atoms with Gasteiger partial charge in [-0.15, -0.1) is 0 Å². The van der Waals surface area contributed by atoms with Gasteiger partial charge in [-0.1, -0.05) is 0 Å². The molecule has 0 heterocycles. The van der Waals surface area contributed by atoms with E-state index in [1.165, 1.54) is 0 Å². The molecule has 0 aliphatic carbocycles. The van der Waals surface area contributed by atoms with Gasteiger partial charge in [-0.25, -0.2) is 50.6 Å². The quantitative estimate of drug-likeness (QED) is 0.228. The van der Waals surface area contributed by atoms with Crippen LogP contribution in [-0.2, 0) is 0 Å². The minimum atomic E-state index is -2.35. The fourth-order valence-corrected chi connectivity index (χ4v) is 0.644. The van der Waals surface area contributed by atoms with Crippen LogP contribution in [0.1, 0.15) is 0 Å². The Morgan fingerprint density at radius 3 is 1.11 bits per heavy atom. The van der Waals surface area contributed by atoms with E-state index in [0.29, 0.717) is 0 Å². The number of hydrogen-bond acceptors (Lipinski definition) is 10. The number of nitrogens with zero attached hydrogens (tertiary/aromatic N) is 8. The van der Waals surface area contributed by atoms with Gasteiger partial charge in [-0.3, -0.25) is 0 Å². The van der Waals surface area contributed by atoms with Gasteiger partial charge in [0.2, 0.25) is 20.1 Å². The molecule has 0 saturated heterocycles. The Morgan fingerprint density at radius 2 is 0.947 bits per heavy atom. The summed E-state index contributed by atoms with van der Waals surface area (Å²) in [4.78, 5) is 50.9. The molecule has 0 aromatic heterocycles. The first-order valence-electron chi connectivity index (χ1n) is 3.50. The zero-order chi connectivity index (χ0) is 15.3. The van der Waals surface area contributed by atoms with Gasteiger partial charge in [0.25, 0.3) is 10.2 Å². The molecule has 0 aliphatic heterocycles. The maximum Gasteiger partial charge on any atom is 0.542 e. The fraction of sp³-hybridized carbons (Fsp3) is 0. The summed E-state index contributed by atoms with van der Waals surface area (Å²) in [5, 5.41) is 40.1. The van der Waals surface area contributed by atoms with Crippen LogP contribution in [0, 0.1) is 50.6 Å². The molecule has 0 saturated carbocycles. The summed E-state index contributed by atoms with van der Waals surface area (Å²) in [6.07, 6.45) is 0. The molecule has 0 N–H and O–H groups in total. The highest BCUT2D eigenvalue weighted by molar-refractivity contribution is 5.74. The summed E-state index contributed by atoms with van der Waals surface area (Å²) in [6, 6.07) is 0. The Labute approximate surface area is 98.3 Å². The van der Waals surface area contributed by atoms with Crippen molar-refractivity contribution >= 4 is 5.96 Å². The van der Waals surface area contributed by atoms with E-state index in [-0.39, 0.29) is 0 Å². The van der Waals surface area contributed by atoms with Crippen LogP contribution in [-0.4, -0.2) is 41.4 Å². The zero-order valence-electron chi connectivity index (χ0n) is 8.16. The largest absolute Gasteiger partial charge is 0.542 e. The summed E-state index contributed by atoms with van der Waals surface area (Å²) < 4.78 is 0. The standard InChI is InChI=1S/CN8O10/c10-5(11)2-1(3(6(12)13)7(14)15)4(8(16)17)9(18)19. The van der Waals surface area contributed by atoms with Gasteiger partial charge in [0.05, 0.1) is 0 Å². The smallest absolute Gasteiger partial charge is 0.233 e. The van der Waals surface area contributed by atoms with Gasteiger partial charge >= 0.3 is 5.96 Å². The molecule has 0 aliphatic rings. The molecule has 0 fully saturated rings. The third-order valence-electron chi connectivity index (χ3n) is 1.15. The van der Waals surface area contributed by atoms with Gasteiger partial charge in [0.1, 0.15) is 5.10 Å². The van der Waals surface area contributed by atoms with Crippen molar-refractivity contribution in [3.63, 3.8) is 0 Å². The van der Waals surface area contributed by atoms with Crippen molar-refractivity contribution in [2.24, 2.45) is 5.10 Å². The van der Waals surface area contributed by atoms with Crippen LogP contribution >= 0.6 is 0 Å². The number of hydrogen-bond donors (Lipinski definition) is 0. The van der Waals surface area contributed by atoms with E-state index in [0.717, 1.165) is 0 Å². The lowest BCUT2D eigenvalue weighted by Crippen LogP contribution is -2.54. The third-order valence-corrected chi connectivity index (χ3v) is 1.15. The average molecular weight is 284 g/mol. The number of nitro groups is 5. The highest BCUT2D eigenvalue weighted by Gasteiger charge is 2.55. The van der Waals surface area contributed by atoms with Crippen molar-refractivity contribution in [3.05, 3.63) is 50.6 Å². The van der Waals surface area contributed by atoms with Crippen molar-refractivity contribution in [2.45, 2.75) is 0 Å². The first-order chi connectivity index (χ1) is 8.59. The molecular formula is CN8O10. The van der Waals surface area contributed by atoms with E-state index in [4.69, 9.17) is 0 Å². The lowest BCUT2D eigenvalue weighted by Gasteiger charge is -2.03. The van der Waals surface area contributed by atoms with E-state index >= 15 is 0 Å². The topological polar surface area (TPSA) is 235 Å². The minimum absolute atomic E-state index is 1.45. The predicted octanol–water partition coefficient (Wildman–Crippen LogP) is -2.10. The molecule has 0 aromatic carbocycles. The maximum absolute atomic E-state index is 10.2. The third kappa shape index (κ3) is 3.65. The normalized spacial score (nSPS) is 9.05. The van der Waals surface area contributed by atoms with Crippen LogP contribution in [0.3, 0.4) is 0 Å². The Hall–Kier alpha value is -3.73. The first-order valence-corrected chi connectivity index (χ1v) is 3.50. The highest BCUT2D eigenvalue weighted by atomic mass is 16.8. The van der Waals surface area contributed by atoms with E-state index in [1.807, 2.05) is 5.10 Å². The minimum Gasteiger partial charge on any atom is -0.233 e. The second-order valence-corrected chi connectivity index (χ2v) is 2.17. The molecule has 0 radical (unpaired) electrons. The molecule has 0 atom stereocenters. The lowest BCUT2D eigenvalue weighted by molar-refractivity contribution is -0.919. The van der Waals surface area contributed by atoms with E-state index in [1.54, 1.807) is 0 Å². The van der Waals surface area contributed by atoms with Crippen molar-refractivity contribution in [3.8, 4) is 0 Å². The molecule has 18 heteroatoms. The molecular weight excluding hydrogens is 284 g/mol. The molecule has 18 nitrogen and oxygen atoms in total. The molecule has 0 bridgehead atoms. The second-order valence-electron chi connectivity index (χ2n) is 2.17. The van der Waals surface area contributed by atoms with Crippen LogP contribution in [0.5, 0.6) is 0 Å². The van der Waals surface area contributed by atoms with Crippen LogP contribution in [0.25, 0.3) is 0 Å². The van der Waals surface area contributed by atoms with Crippen LogP contribution in [0.2, 0.25) is 0 Å². The molecule has 0 amide bonds. The summed E-state index contributed by atoms with van der Waals surface area (Å²) >= 11 is 0. The van der Waals surface area contributed by atoms with Crippen LogP contribution in [0.15, 0.2) is 5.10 Å². The molecule has 0 aromatic rings. The average Bonchev–Trinajstić information content (AvgIpc) is 2.12. The van der Waals surface area contributed by atoms with Crippen molar-refractivity contribution in [1.29, 1.82) is 0 Å². The Kier molecular flexibility index (Phi) is 4.46. The van der Waals surface area contributed by atoms with Crippen LogP contribution < -0.4 is 0 Å². The Bertz CT molecular complexity index is 416. The van der Waals surface area contributed by atoms with E-state index in [9.17, 15) is 50.6 Å². The first kappa shape index (κ1) is 15.3. The van der Waals surface area contributed by atoms with Crippen molar-refractivity contribution in [2.75, 3.05) is 0 Å². The van der Waals surface area contributed by atoms with Crippen molar-refractivity contribution < 1.29 is 25.2 Å². The summed E-state index contributed by atoms with van der Waals surface area (Å²) in [5.74, 6) is -2.35. The Balaban J connectivity index is 6.01. The summed E-state index contributed by atoms with van der Waals surface area (Å²) in [7, 11) is 0. The van der Waals surface area contributed by atoms with Gasteiger partial charge < -0.3 is 0 Å². The SMILES string of the molecule is O=[N+]([O-])N=C(N([N+](=O)[O-])[N+](=O)[O-])N([N+](=O)[O-])[N+](=O)[O-]. The van der Waals surface area contributed by atoms with E-state index in [2.05, 4.69) is 0 Å². The Morgan fingerprint density at radius 1 is 0.684 bits per heavy atom. The monoisotopic (exact) mass is 284 g/mol. The van der Waals surface area contributed by atoms with E-state index < -0.39 is 41.4 Å². The fourth-order valence-electron chi connectivity index (χ4n) is 0.644. The number of rotatable bonds is 5.